The molecule has 0 bridgehead atoms. The second-order valence-electron chi connectivity index (χ2n) is 5.65. The van der Waals surface area contributed by atoms with Gasteiger partial charge >= 0.3 is 0 Å². The van der Waals surface area contributed by atoms with Crippen molar-refractivity contribution in [2.45, 2.75) is 31.9 Å². The Labute approximate surface area is 155 Å². The van der Waals surface area contributed by atoms with Crippen LogP contribution < -0.4 is 16.5 Å². The van der Waals surface area contributed by atoms with Gasteiger partial charge in [-0.1, -0.05) is 17.9 Å². The molecule has 0 spiro atoms. The highest BCUT2D eigenvalue weighted by atomic mass is 19.3. The monoisotopic (exact) mass is 375 g/mol. The van der Waals surface area contributed by atoms with Crippen molar-refractivity contribution < 1.29 is 23.6 Å². The second kappa shape index (κ2) is 10.1. The van der Waals surface area contributed by atoms with Crippen LogP contribution in [-0.2, 0) is 4.79 Å². The van der Waals surface area contributed by atoms with Crippen LogP contribution in [0.5, 0.6) is 0 Å². The van der Waals surface area contributed by atoms with Gasteiger partial charge in [-0.3, -0.25) is 14.8 Å². The lowest BCUT2D eigenvalue weighted by Gasteiger charge is -2.32. The second-order valence-corrected chi connectivity index (χ2v) is 5.65. The van der Waals surface area contributed by atoms with Gasteiger partial charge in [0.05, 0.1) is 0 Å². The summed E-state index contributed by atoms with van der Waals surface area (Å²) in [7, 11) is 0. The summed E-state index contributed by atoms with van der Waals surface area (Å²) in [5, 5.41) is 10.8. The molecule has 1 aromatic carbocycles. The van der Waals surface area contributed by atoms with E-state index in [1.165, 1.54) is 29.7 Å². The number of carbonyl (C=O) groups excluding carboxylic acids is 2. The number of nitrogens with one attached hydrogen (secondary N) is 2. The maximum absolute atomic E-state index is 13.1. The third kappa shape index (κ3) is 6.23. The van der Waals surface area contributed by atoms with E-state index in [0.717, 1.165) is 6.92 Å². The molecule has 0 heterocycles. The number of amides is 2. The molecule has 2 unspecified atom stereocenters. The Hall–Kier alpha value is -3.20. The van der Waals surface area contributed by atoms with Gasteiger partial charge in [0.25, 0.3) is 18.2 Å². The highest BCUT2D eigenvalue weighted by molar-refractivity contribution is 5.98. The van der Waals surface area contributed by atoms with Gasteiger partial charge in [-0.15, -0.1) is 0 Å². The highest BCUT2D eigenvalue weighted by Gasteiger charge is 2.44. The van der Waals surface area contributed by atoms with E-state index in [0.29, 0.717) is 5.56 Å². The van der Waals surface area contributed by atoms with Crippen LogP contribution in [0, 0.1) is 23.7 Å². The third-order valence-electron chi connectivity index (χ3n) is 3.48. The lowest BCUT2D eigenvalue weighted by molar-refractivity contribution is -0.134. The Morgan fingerprint density at radius 2 is 1.89 bits per heavy atom. The first kappa shape index (κ1) is 21.8. The zero-order valence-electron chi connectivity index (χ0n) is 14.7. The van der Waals surface area contributed by atoms with Crippen LogP contribution in [0.25, 0.3) is 0 Å². The molecule has 1 rings (SSSR count). The molecule has 2 amide bonds. The molecule has 2 atom stereocenters. The molecule has 0 aromatic heterocycles. The number of carbonyl (C=O) groups is 2. The van der Waals surface area contributed by atoms with Gasteiger partial charge in [0, 0.05) is 11.1 Å². The topological polar surface area (TPSA) is 104 Å². The molecule has 6 nitrogen and oxygen atoms in total. The molecular weight excluding hydrogens is 356 g/mol. The molecule has 27 heavy (non-hydrogen) atoms. The average molecular weight is 375 g/mol. The van der Waals surface area contributed by atoms with Crippen molar-refractivity contribution in [3.8, 4) is 23.7 Å². The van der Waals surface area contributed by atoms with E-state index in [4.69, 9.17) is 10.9 Å². The first-order valence-electron chi connectivity index (χ1n) is 7.78. The maximum Gasteiger partial charge on any atom is 0.268 e. The first-order valence-corrected chi connectivity index (χ1v) is 7.78. The molecule has 0 saturated heterocycles. The fraction of sp³-hybridized carbons (Fsp3) is 0.263. The predicted octanol–water partition coefficient (Wildman–Crippen LogP) is 1.20. The standard InChI is InChI=1S/C19H19F2N3O3/c1-3-4-5-6-7-8-13-9-11-14(12-10-13)16(25)23-15(17(26)24-27)19(2,22)18(20)21/h3-4,9-12,15,18,27H,22H2,1-2H3,(H,23,25)(H,24,26). The van der Waals surface area contributed by atoms with Crippen molar-refractivity contribution in [1.29, 1.82) is 0 Å². The third-order valence-corrected chi connectivity index (χ3v) is 3.48. The molecule has 8 heteroatoms. The summed E-state index contributed by atoms with van der Waals surface area (Å²) in [5.74, 6) is 8.64. The van der Waals surface area contributed by atoms with Crippen molar-refractivity contribution >= 4 is 11.8 Å². The minimum absolute atomic E-state index is 0.0985. The zero-order chi connectivity index (χ0) is 20.4. The van der Waals surface area contributed by atoms with Crippen LogP contribution in [0.4, 0.5) is 8.78 Å². The summed E-state index contributed by atoms with van der Waals surface area (Å²) in [6.07, 6.45) is 0.291. The number of rotatable bonds is 5. The van der Waals surface area contributed by atoms with Gasteiger partial charge in [-0.25, -0.2) is 14.3 Å². The molecule has 0 fully saturated rings. The van der Waals surface area contributed by atoms with Crippen LogP contribution in [0.1, 0.15) is 29.8 Å². The molecule has 0 saturated carbocycles. The number of hydroxylamine groups is 1. The minimum Gasteiger partial charge on any atom is -0.338 e. The van der Waals surface area contributed by atoms with E-state index >= 15 is 0 Å². The van der Waals surface area contributed by atoms with Crippen molar-refractivity contribution in [2.75, 3.05) is 0 Å². The molecule has 1 aromatic rings. The molecule has 142 valence electrons. The normalized spacial score (nSPS) is 13.6. The van der Waals surface area contributed by atoms with E-state index in [-0.39, 0.29) is 5.56 Å². The molecule has 5 N–H and O–H groups in total. The lowest BCUT2D eigenvalue weighted by atomic mass is 9.92. The first-order chi connectivity index (χ1) is 12.7. The van der Waals surface area contributed by atoms with Crippen LogP contribution >= 0.6 is 0 Å². The minimum atomic E-state index is -3.12. The number of benzene rings is 1. The summed E-state index contributed by atoms with van der Waals surface area (Å²) >= 11 is 0. The number of alkyl halides is 2. The van der Waals surface area contributed by atoms with Crippen LogP contribution in [0.15, 0.2) is 36.4 Å². The number of nitrogens with two attached hydrogens (primary N) is 1. The van der Waals surface area contributed by atoms with Gasteiger partial charge in [-0.2, -0.15) is 0 Å². The number of halogens is 2. The highest BCUT2D eigenvalue weighted by Crippen LogP contribution is 2.18. The number of hydrogen-bond acceptors (Lipinski definition) is 4. The van der Waals surface area contributed by atoms with Gasteiger partial charge in [0.1, 0.15) is 11.6 Å². The summed E-state index contributed by atoms with van der Waals surface area (Å²) < 4.78 is 26.2. The van der Waals surface area contributed by atoms with Gasteiger partial charge < -0.3 is 11.1 Å². The van der Waals surface area contributed by atoms with Crippen LogP contribution in [0.3, 0.4) is 0 Å². The fourth-order valence-corrected chi connectivity index (χ4v) is 1.88. The number of allylic oxidation sites excluding steroid dienone is 2. The van der Waals surface area contributed by atoms with Gasteiger partial charge in [0.15, 0.2) is 0 Å². The van der Waals surface area contributed by atoms with E-state index in [9.17, 15) is 18.4 Å². The molecule has 0 aliphatic heterocycles. The van der Waals surface area contributed by atoms with E-state index in [2.05, 4.69) is 29.0 Å². The quantitative estimate of drug-likeness (QED) is 0.353. The van der Waals surface area contributed by atoms with Gasteiger partial charge in [0.2, 0.25) is 0 Å². The van der Waals surface area contributed by atoms with Gasteiger partial charge in [-0.05, 0) is 56.0 Å². The van der Waals surface area contributed by atoms with Crippen LogP contribution in [0.2, 0.25) is 0 Å². The Bertz CT molecular complexity index is 826. The van der Waals surface area contributed by atoms with E-state index in [1.807, 2.05) is 6.92 Å². The SMILES string of the molecule is CC=CC#CC#Cc1ccc(C(=O)NC(C(=O)NO)C(C)(N)C(F)F)cc1. The summed E-state index contributed by atoms with van der Waals surface area (Å²) in [6, 6.07) is 4.03. The number of hydrogen-bond donors (Lipinski definition) is 4. The molecule has 0 aliphatic rings. The Kier molecular flexibility index (Phi) is 8.15. The Morgan fingerprint density at radius 1 is 1.26 bits per heavy atom. The van der Waals surface area contributed by atoms with Crippen molar-refractivity contribution in [3.05, 3.63) is 47.5 Å². The van der Waals surface area contributed by atoms with Crippen LogP contribution in [-0.4, -0.2) is 35.0 Å². The lowest BCUT2D eigenvalue weighted by Crippen LogP contribution is -2.66. The average Bonchev–Trinajstić information content (AvgIpc) is 2.65. The summed E-state index contributed by atoms with van der Waals surface area (Å²) in [4.78, 5) is 23.9. The van der Waals surface area contributed by atoms with E-state index in [1.54, 1.807) is 12.2 Å². The van der Waals surface area contributed by atoms with Crippen molar-refractivity contribution in [1.82, 2.24) is 10.8 Å². The molecule has 0 aliphatic carbocycles. The smallest absolute Gasteiger partial charge is 0.268 e. The zero-order valence-corrected chi connectivity index (χ0v) is 14.7. The van der Waals surface area contributed by atoms with E-state index < -0.39 is 29.8 Å². The fourth-order valence-electron chi connectivity index (χ4n) is 1.88. The summed E-state index contributed by atoms with van der Waals surface area (Å²) in [6.45, 7) is 2.72. The van der Waals surface area contributed by atoms with Crippen molar-refractivity contribution in [2.24, 2.45) is 5.73 Å². The molecular formula is C19H19F2N3O3. The summed E-state index contributed by atoms with van der Waals surface area (Å²) in [5.41, 5.74) is 4.97. The maximum atomic E-state index is 13.1. The Balaban J connectivity index is 2.95. The Morgan fingerprint density at radius 3 is 2.41 bits per heavy atom. The van der Waals surface area contributed by atoms with Crippen molar-refractivity contribution in [3.63, 3.8) is 0 Å². The molecule has 0 radical (unpaired) electrons. The predicted molar refractivity (Wildman–Crippen MR) is 95.7 cm³/mol. The largest absolute Gasteiger partial charge is 0.338 e.